The minimum absolute atomic E-state index is 0.0720. The van der Waals surface area contributed by atoms with Crippen LogP contribution in [0.3, 0.4) is 0 Å². The van der Waals surface area contributed by atoms with Crippen molar-refractivity contribution in [2.75, 3.05) is 14.1 Å². The maximum absolute atomic E-state index is 11.8. The molecule has 15 heavy (non-hydrogen) atoms. The molecule has 2 rings (SSSR count). The van der Waals surface area contributed by atoms with Crippen LogP contribution in [-0.2, 0) is 10.2 Å². The van der Waals surface area contributed by atoms with Gasteiger partial charge in [0.05, 0.1) is 0 Å². The Morgan fingerprint density at radius 2 is 1.93 bits per heavy atom. The summed E-state index contributed by atoms with van der Waals surface area (Å²) < 4.78 is 0. The van der Waals surface area contributed by atoms with Gasteiger partial charge in [0.1, 0.15) is 0 Å². The highest BCUT2D eigenvalue weighted by Crippen LogP contribution is 2.54. The molecule has 1 saturated carbocycles. The quantitative estimate of drug-likeness (QED) is 0.720. The molecule has 1 fully saturated rings. The van der Waals surface area contributed by atoms with Crippen molar-refractivity contribution in [2.24, 2.45) is 5.92 Å². The summed E-state index contributed by atoms with van der Waals surface area (Å²) in [4.78, 5) is 13.5. The highest BCUT2D eigenvalue weighted by Gasteiger charge is 2.55. The number of amides is 1. The van der Waals surface area contributed by atoms with Gasteiger partial charge in [0.15, 0.2) is 0 Å². The molecule has 1 aliphatic rings. The van der Waals surface area contributed by atoms with Crippen molar-refractivity contribution >= 4 is 5.91 Å². The van der Waals surface area contributed by atoms with E-state index in [9.17, 15) is 4.79 Å². The van der Waals surface area contributed by atoms with E-state index >= 15 is 0 Å². The lowest BCUT2D eigenvalue weighted by molar-refractivity contribution is -0.130. The van der Waals surface area contributed by atoms with Gasteiger partial charge < -0.3 is 4.90 Å². The molecule has 0 spiro atoms. The van der Waals surface area contributed by atoms with Gasteiger partial charge >= 0.3 is 0 Å². The van der Waals surface area contributed by atoms with Gasteiger partial charge in [-0.1, -0.05) is 37.3 Å². The minimum atomic E-state index is 0.0720. The third-order valence-corrected chi connectivity index (χ3v) is 3.41. The molecule has 0 aliphatic heterocycles. The van der Waals surface area contributed by atoms with Gasteiger partial charge in [0.25, 0.3) is 0 Å². The number of hydrogen-bond donors (Lipinski definition) is 0. The molecule has 0 N–H and O–H groups in total. The van der Waals surface area contributed by atoms with Gasteiger partial charge in [0.2, 0.25) is 5.91 Å². The molecule has 0 heterocycles. The van der Waals surface area contributed by atoms with E-state index in [1.54, 1.807) is 4.90 Å². The molecule has 1 aromatic rings. The van der Waals surface area contributed by atoms with E-state index in [2.05, 4.69) is 19.1 Å². The predicted molar refractivity (Wildman–Crippen MR) is 60.6 cm³/mol. The third kappa shape index (κ3) is 1.65. The molecule has 1 aromatic carbocycles. The smallest absolute Gasteiger partial charge is 0.226 e. The van der Waals surface area contributed by atoms with Crippen molar-refractivity contribution in [1.82, 2.24) is 4.90 Å². The average molecular weight is 203 g/mol. The number of carbonyl (C=O) groups is 1. The van der Waals surface area contributed by atoms with Gasteiger partial charge in [-0.3, -0.25) is 4.79 Å². The Bertz CT molecular complexity index is 371. The van der Waals surface area contributed by atoms with E-state index in [1.165, 1.54) is 5.56 Å². The Hall–Kier alpha value is -1.31. The van der Waals surface area contributed by atoms with Gasteiger partial charge in [0, 0.05) is 25.4 Å². The molecule has 1 amide bonds. The first-order chi connectivity index (χ1) is 7.05. The van der Waals surface area contributed by atoms with Crippen molar-refractivity contribution in [3.8, 4) is 0 Å². The lowest BCUT2D eigenvalue weighted by atomic mass is 9.95. The molecule has 0 aromatic heterocycles. The van der Waals surface area contributed by atoms with Crippen LogP contribution in [0, 0.1) is 5.92 Å². The SMILES string of the molecule is CN(C)C(=O)[C@@H]1C[C@@]1(C)c1ccccc1. The molecule has 0 radical (unpaired) electrons. The van der Waals surface area contributed by atoms with Crippen molar-refractivity contribution < 1.29 is 4.79 Å². The molecule has 1 aliphatic carbocycles. The molecule has 0 bridgehead atoms. The van der Waals surface area contributed by atoms with Crippen LogP contribution in [0.4, 0.5) is 0 Å². The third-order valence-electron chi connectivity index (χ3n) is 3.41. The summed E-state index contributed by atoms with van der Waals surface area (Å²) in [5.41, 5.74) is 1.35. The zero-order valence-electron chi connectivity index (χ0n) is 9.53. The fourth-order valence-corrected chi connectivity index (χ4v) is 2.17. The zero-order chi connectivity index (χ0) is 11.1. The van der Waals surface area contributed by atoms with Crippen molar-refractivity contribution in [1.29, 1.82) is 0 Å². The van der Waals surface area contributed by atoms with Crippen LogP contribution >= 0.6 is 0 Å². The number of rotatable bonds is 2. The van der Waals surface area contributed by atoms with Crippen LogP contribution in [0.25, 0.3) is 0 Å². The number of carbonyl (C=O) groups excluding carboxylic acids is 1. The molecule has 2 atom stereocenters. The molecule has 0 unspecified atom stereocenters. The normalized spacial score (nSPS) is 28.6. The number of nitrogens with zero attached hydrogens (tertiary/aromatic N) is 1. The topological polar surface area (TPSA) is 20.3 Å². The summed E-state index contributed by atoms with van der Waals surface area (Å²) in [6.45, 7) is 2.17. The summed E-state index contributed by atoms with van der Waals surface area (Å²) in [6.07, 6.45) is 0.980. The second-order valence-electron chi connectivity index (χ2n) is 4.77. The Morgan fingerprint density at radius 3 is 2.47 bits per heavy atom. The maximum atomic E-state index is 11.8. The Morgan fingerprint density at radius 1 is 1.33 bits per heavy atom. The van der Waals surface area contributed by atoms with E-state index in [0.717, 1.165) is 6.42 Å². The summed E-state index contributed by atoms with van der Waals surface area (Å²) in [5.74, 6) is 0.427. The van der Waals surface area contributed by atoms with Gasteiger partial charge in [-0.05, 0) is 12.0 Å². The minimum Gasteiger partial charge on any atom is -0.349 e. The Balaban J connectivity index is 2.17. The van der Waals surface area contributed by atoms with E-state index in [4.69, 9.17) is 0 Å². The van der Waals surface area contributed by atoms with E-state index in [1.807, 2.05) is 32.3 Å². The maximum Gasteiger partial charge on any atom is 0.226 e. The highest BCUT2D eigenvalue weighted by molar-refractivity contribution is 5.83. The van der Waals surface area contributed by atoms with Gasteiger partial charge in [-0.25, -0.2) is 0 Å². The summed E-state index contributed by atoms with van der Waals surface area (Å²) >= 11 is 0. The molecule has 2 heteroatoms. The van der Waals surface area contributed by atoms with Crippen molar-refractivity contribution in [3.05, 3.63) is 35.9 Å². The fourth-order valence-electron chi connectivity index (χ4n) is 2.17. The number of benzene rings is 1. The number of hydrogen-bond acceptors (Lipinski definition) is 1. The Kier molecular flexibility index (Phi) is 2.29. The van der Waals surface area contributed by atoms with E-state index < -0.39 is 0 Å². The highest BCUT2D eigenvalue weighted by atomic mass is 16.2. The van der Waals surface area contributed by atoms with Gasteiger partial charge in [-0.15, -0.1) is 0 Å². The van der Waals surface area contributed by atoms with E-state index in [-0.39, 0.29) is 17.2 Å². The summed E-state index contributed by atoms with van der Waals surface area (Å²) in [6, 6.07) is 10.3. The summed E-state index contributed by atoms with van der Waals surface area (Å²) in [5, 5.41) is 0. The van der Waals surface area contributed by atoms with Crippen LogP contribution < -0.4 is 0 Å². The standard InChI is InChI=1S/C13H17NO/c1-13(10-7-5-4-6-8-10)9-11(13)12(15)14(2)3/h4-8,11H,9H2,1-3H3/t11-,13-/m0/s1. The average Bonchev–Trinajstić information content (AvgIpc) is 2.92. The monoisotopic (exact) mass is 203 g/mol. The van der Waals surface area contributed by atoms with Crippen LogP contribution in [0.15, 0.2) is 30.3 Å². The first-order valence-corrected chi connectivity index (χ1v) is 5.32. The first-order valence-electron chi connectivity index (χ1n) is 5.32. The van der Waals surface area contributed by atoms with Crippen molar-refractivity contribution in [2.45, 2.75) is 18.8 Å². The van der Waals surface area contributed by atoms with Crippen LogP contribution in [0.5, 0.6) is 0 Å². The fraction of sp³-hybridized carbons (Fsp3) is 0.462. The van der Waals surface area contributed by atoms with Crippen LogP contribution in [0.1, 0.15) is 18.9 Å². The summed E-state index contributed by atoms with van der Waals surface area (Å²) in [7, 11) is 3.65. The van der Waals surface area contributed by atoms with Crippen LogP contribution in [0.2, 0.25) is 0 Å². The molecular formula is C13H17NO. The lowest BCUT2D eigenvalue weighted by Crippen LogP contribution is -2.26. The van der Waals surface area contributed by atoms with Gasteiger partial charge in [-0.2, -0.15) is 0 Å². The largest absolute Gasteiger partial charge is 0.349 e. The lowest BCUT2D eigenvalue weighted by Gasteiger charge is -2.14. The predicted octanol–water partition coefficient (Wildman–Crippen LogP) is 2.05. The second-order valence-corrected chi connectivity index (χ2v) is 4.77. The molecule has 80 valence electrons. The van der Waals surface area contributed by atoms with Crippen molar-refractivity contribution in [3.63, 3.8) is 0 Å². The molecule has 0 saturated heterocycles. The zero-order valence-corrected chi connectivity index (χ0v) is 9.53. The Labute approximate surface area is 90.9 Å². The van der Waals surface area contributed by atoms with Crippen LogP contribution in [-0.4, -0.2) is 24.9 Å². The van der Waals surface area contributed by atoms with E-state index in [0.29, 0.717) is 0 Å². The molecular weight excluding hydrogens is 186 g/mol. The second kappa shape index (κ2) is 3.37. The first kappa shape index (κ1) is 10.2. The molecule has 2 nitrogen and oxygen atoms in total.